The molecule has 0 unspecified atom stereocenters. The van der Waals surface area contributed by atoms with Gasteiger partial charge in [-0.25, -0.2) is 0 Å². The summed E-state index contributed by atoms with van der Waals surface area (Å²) in [5.74, 6) is 0. The summed E-state index contributed by atoms with van der Waals surface area (Å²) in [6.45, 7) is 4.23. The monoisotopic (exact) mass is 322 g/mol. The molecule has 0 heterocycles. The maximum absolute atomic E-state index is 6.30. The van der Waals surface area contributed by atoms with E-state index < -0.39 is 6.04 Å². The van der Waals surface area contributed by atoms with Crippen molar-refractivity contribution in [3.05, 3.63) is 90.0 Å². The van der Waals surface area contributed by atoms with E-state index in [0.29, 0.717) is 0 Å². The minimum atomic E-state index is -1.98. The minimum absolute atomic E-state index is 1.25. The van der Waals surface area contributed by atoms with Gasteiger partial charge in [0.2, 0.25) is 0 Å². The average molecular weight is 322 g/mol. The van der Waals surface area contributed by atoms with E-state index in [4.69, 9.17) is 11.8 Å². The Hall–Kier alpha value is -1.69. The van der Waals surface area contributed by atoms with Crippen molar-refractivity contribution >= 4 is 33.8 Å². The Morgan fingerprint density at radius 3 is 1.32 bits per heavy atom. The Morgan fingerprint density at radius 1 is 0.545 bits per heavy atom. The Morgan fingerprint density at radius 2 is 0.909 bits per heavy atom. The van der Waals surface area contributed by atoms with Gasteiger partial charge in [0.15, 0.2) is 0 Å². The van der Waals surface area contributed by atoms with E-state index in [-0.39, 0.29) is 0 Å². The normalized spacial score (nSPS) is 11.4. The molecule has 0 saturated heterocycles. The van der Waals surface area contributed by atoms with Crippen molar-refractivity contribution < 1.29 is 0 Å². The molecular weight excluding hydrogens is 303 g/mol. The molecule has 0 aliphatic rings. The summed E-state index contributed by atoms with van der Waals surface area (Å²) in [6.07, 6.45) is 0. The lowest BCUT2D eigenvalue weighted by molar-refractivity contribution is 1.49. The molecule has 2 heteroatoms. The highest BCUT2D eigenvalue weighted by atomic mass is 32.4. The first-order valence-electron chi connectivity index (χ1n) is 7.41. The Labute approximate surface area is 137 Å². The lowest BCUT2D eigenvalue weighted by Crippen LogP contribution is -2.24. The second-order valence-electron chi connectivity index (χ2n) is 5.62. The van der Waals surface area contributed by atoms with Crippen molar-refractivity contribution in [3.63, 3.8) is 0 Å². The quantitative estimate of drug-likeness (QED) is 0.655. The van der Waals surface area contributed by atoms with Crippen LogP contribution in [0.3, 0.4) is 0 Å². The zero-order chi connectivity index (χ0) is 15.6. The van der Waals surface area contributed by atoms with Gasteiger partial charge in [-0.1, -0.05) is 102 Å². The van der Waals surface area contributed by atoms with Crippen molar-refractivity contribution in [1.29, 1.82) is 0 Å². The lowest BCUT2D eigenvalue weighted by atomic mass is 10.2. The molecule has 0 aliphatic heterocycles. The van der Waals surface area contributed by atoms with Gasteiger partial charge in [0.1, 0.15) is 0 Å². The van der Waals surface area contributed by atoms with Crippen LogP contribution in [0.15, 0.2) is 78.9 Å². The molecule has 3 aromatic rings. The summed E-state index contributed by atoms with van der Waals surface area (Å²) in [5, 5.41) is 3.75. The molecule has 110 valence electrons. The molecule has 0 aliphatic carbocycles. The third-order valence-electron chi connectivity index (χ3n) is 3.91. The van der Waals surface area contributed by atoms with E-state index in [2.05, 4.69) is 86.6 Å². The molecule has 0 atom stereocenters. The van der Waals surface area contributed by atoms with Gasteiger partial charge in [-0.2, -0.15) is 0 Å². The Balaban J connectivity index is 2.25. The van der Waals surface area contributed by atoms with Crippen LogP contribution in [0.25, 0.3) is 0 Å². The minimum Gasteiger partial charge on any atom is -0.0826 e. The molecule has 22 heavy (non-hydrogen) atoms. The SMILES string of the molecule is Cc1ccc(P(=S)(c2ccccc2)c2ccc(C)cc2)cc1. The molecule has 0 amide bonds. The number of rotatable bonds is 3. The second-order valence-corrected chi connectivity index (χ2v) is 10.0. The molecule has 0 fully saturated rings. The molecule has 0 nitrogen and oxygen atoms in total. The molecule has 3 rings (SSSR count). The van der Waals surface area contributed by atoms with Gasteiger partial charge in [0.25, 0.3) is 0 Å². The summed E-state index contributed by atoms with van der Waals surface area (Å²) in [5.41, 5.74) is 2.53. The molecule has 0 bridgehead atoms. The maximum Gasteiger partial charge on any atom is 0.0379 e. The average Bonchev–Trinajstić information content (AvgIpc) is 2.56. The van der Waals surface area contributed by atoms with E-state index in [1.165, 1.54) is 27.0 Å². The summed E-state index contributed by atoms with van der Waals surface area (Å²) >= 11 is 6.30. The topological polar surface area (TPSA) is 0 Å². The zero-order valence-corrected chi connectivity index (χ0v) is 14.6. The number of benzene rings is 3. The van der Waals surface area contributed by atoms with E-state index in [1.54, 1.807) is 0 Å². The van der Waals surface area contributed by atoms with Gasteiger partial charge >= 0.3 is 0 Å². The van der Waals surface area contributed by atoms with E-state index in [0.717, 1.165) is 0 Å². The van der Waals surface area contributed by atoms with Crippen molar-refractivity contribution in [1.82, 2.24) is 0 Å². The van der Waals surface area contributed by atoms with Crippen LogP contribution in [-0.2, 0) is 11.8 Å². The highest BCUT2D eigenvalue weighted by molar-refractivity contribution is 8.25. The number of hydrogen-bond donors (Lipinski definition) is 0. The van der Waals surface area contributed by atoms with Crippen molar-refractivity contribution in [2.45, 2.75) is 13.8 Å². The van der Waals surface area contributed by atoms with Crippen LogP contribution >= 0.6 is 6.04 Å². The van der Waals surface area contributed by atoms with Gasteiger partial charge < -0.3 is 0 Å². The Kier molecular flexibility index (Phi) is 4.29. The van der Waals surface area contributed by atoms with Gasteiger partial charge in [-0.3, -0.25) is 0 Å². The van der Waals surface area contributed by atoms with Crippen LogP contribution in [0.1, 0.15) is 11.1 Å². The molecular formula is C20H19PS. The summed E-state index contributed by atoms with van der Waals surface area (Å²) in [4.78, 5) is 0. The van der Waals surface area contributed by atoms with Crippen LogP contribution in [0.2, 0.25) is 0 Å². The predicted molar refractivity (Wildman–Crippen MR) is 102 cm³/mol. The fourth-order valence-corrected chi connectivity index (χ4v) is 6.31. The second kappa shape index (κ2) is 6.20. The van der Waals surface area contributed by atoms with Gasteiger partial charge in [0, 0.05) is 6.04 Å². The number of aryl methyl sites for hydroxylation is 2. The van der Waals surface area contributed by atoms with Gasteiger partial charge in [-0.05, 0) is 29.8 Å². The molecule has 0 spiro atoms. The summed E-state index contributed by atoms with van der Waals surface area (Å²) in [7, 11) is 0. The van der Waals surface area contributed by atoms with E-state index >= 15 is 0 Å². The largest absolute Gasteiger partial charge is 0.0826 e. The van der Waals surface area contributed by atoms with Crippen LogP contribution in [0.5, 0.6) is 0 Å². The fourth-order valence-electron chi connectivity index (χ4n) is 2.59. The molecule has 0 radical (unpaired) electrons. The van der Waals surface area contributed by atoms with Gasteiger partial charge in [-0.15, -0.1) is 0 Å². The third-order valence-corrected chi connectivity index (χ3v) is 8.89. The predicted octanol–water partition coefficient (Wildman–Crippen LogP) is 4.06. The van der Waals surface area contributed by atoms with E-state index in [1.807, 2.05) is 6.07 Å². The van der Waals surface area contributed by atoms with Crippen molar-refractivity contribution in [3.8, 4) is 0 Å². The highest BCUT2D eigenvalue weighted by Crippen LogP contribution is 2.42. The van der Waals surface area contributed by atoms with Crippen LogP contribution < -0.4 is 15.9 Å². The van der Waals surface area contributed by atoms with Crippen LogP contribution in [0, 0.1) is 13.8 Å². The first-order valence-corrected chi connectivity index (χ1v) is 10.2. The maximum atomic E-state index is 6.30. The van der Waals surface area contributed by atoms with Crippen LogP contribution in [-0.4, -0.2) is 0 Å². The summed E-state index contributed by atoms with van der Waals surface area (Å²) < 4.78 is 0. The van der Waals surface area contributed by atoms with Gasteiger partial charge in [0.05, 0.1) is 0 Å². The molecule has 0 saturated carbocycles. The smallest absolute Gasteiger partial charge is 0.0379 e. The summed E-state index contributed by atoms with van der Waals surface area (Å²) in [6, 6.07) is 26.0. The first kappa shape index (κ1) is 15.2. The zero-order valence-electron chi connectivity index (χ0n) is 12.9. The molecule has 0 N–H and O–H groups in total. The van der Waals surface area contributed by atoms with Crippen molar-refractivity contribution in [2.24, 2.45) is 0 Å². The van der Waals surface area contributed by atoms with Crippen LogP contribution in [0.4, 0.5) is 0 Å². The standard InChI is InChI=1S/C20H19PS/c1-16-8-12-19(13-9-16)21(22,18-6-4-3-5-7-18)20-14-10-17(2)11-15-20/h3-15H,1-2H3. The van der Waals surface area contributed by atoms with E-state index in [9.17, 15) is 0 Å². The lowest BCUT2D eigenvalue weighted by Gasteiger charge is -2.24. The first-order chi connectivity index (χ1) is 10.6. The fraction of sp³-hybridized carbons (Fsp3) is 0.100. The third kappa shape index (κ3) is 2.79. The Bertz CT molecular complexity index is 753. The molecule has 3 aromatic carbocycles. The molecule has 0 aromatic heterocycles. The number of hydrogen-bond acceptors (Lipinski definition) is 1. The van der Waals surface area contributed by atoms with Crippen molar-refractivity contribution in [2.75, 3.05) is 0 Å². The highest BCUT2D eigenvalue weighted by Gasteiger charge is 2.24.